The third kappa shape index (κ3) is 5.69. The van der Waals surface area contributed by atoms with Crippen LogP contribution >= 0.6 is 0 Å². The monoisotopic (exact) mass is 477 g/mol. The van der Waals surface area contributed by atoms with Gasteiger partial charge in [0.1, 0.15) is 17.1 Å². The molecule has 1 aromatic heterocycles. The van der Waals surface area contributed by atoms with E-state index in [9.17, 15) is 18.0 Å². The number of rotatable bonds is 8. The van der Waals surface area contributed by atoms with Crippen LogP contribution in [-0.4, -0.2) is 62.5 Å². The lowest BCUT2D eigenvalue weighted by atomic mass is 9.96. The molecule has 0 saturated carbocycles. The number of carbonyl (C=O) groups is 2. The van der Waals surface area contributed by atoms with Crippen molar-refractivity contribution in [3.05, 3.63) is 29.5 Å². The second-order valence-corrected chi connectivity index (χ2v) is 11.5. The molecule has 8 nitrogen and oxygen atoms in total. The van der Waals surface area contributed by atoms with E-state index in [2.05, 4.69) is 0 Å². The summed E-state index contributed by atoms with van der Waals surface area (Å²) in [5, 5.41) is 1.02. The molecule has 33 heavy (non-hydrogen) atoms. The predicted octanol–water partition coefficient (Wildman–Crippen LogP) is 2.91. The van der Waals surface area contributed by atoms with Gasteiger partial charge in [0.15, 0.2) is 23.1 Å². The molecule has 1 fully saturated rings. The average Bonchev–Trinajstić information content (AvgIpc) is 3.33. The summed E-state index contributed by atoms with van der Waals surface area (Å²) in [6.45, 7) is 3.58. The molecule has 1 unspecified atom stereocenters. The maximum atomic E-state index is 12.7. The van der Waals surface area contributed by atoms with Crippen molar-refractivity contribution < 1.29 is 31.9 Å². The number of benzene rings is 1. The average molecular weight is 478 g/mol. The van der Waals surface area contributed by atoms with E-state index in [1.807, 2.05) is 26.0 Å². The molecule has 0 radical (unpaired) electrons. The number of nitrogens with zero attached hydrogens (tertiary/aromatic N) is 1. The summed E-state index contributed by atoms with van der Waals surface area (Å²) >= 11 is 0. The van der Waals surface area contributed by atoms with Crippen molar-refractivity contribution >= 4 is 32.7 Å². The van der Waals surface area contributed by atoms with Gasteiger partial charge in [-0.25, -0.2) is 13.2 Å². The molecular weight excluding hydrogens is 446 g/mol. The van der Waals surface area contributed by atoms with Crippen LogP contribution in [0.25, 0.3) is 11.0 Å². The van der Waals surface area contributed by atoms with Crippen molar-refractivity contribution in [2.24, 2.45) is 5.92 Å². The van der Waals surface area contributed by atoms with Gasteiger partial charge in [0, 0.05) is 30.0 Å². The number of ether oxygens (including phenoxy) is 2. The van der Waals surface area contributed by atoms with Crippen molar-refractivity contribution in [2.45, 2.75) is 52.0 Å². The number of aryl methyl sites for hydroxylation is 2. The fourth-order valence-corrected chi connectivity index (χ4v) is 6.34. The number of furan rings is 1. The van der Waals surface area contributed by atoms with Crippen molar-refractivity contribution in [1.29, 1.82) is 0 Å². The molecule has 2 aromatic rings. The fraction of sp³-hybridized carbons (Fsp3) is 0.583. The van der Waals surface area contributed by atoms with Gasteiger partial charge in [0.2, 0.25) is 0 Å². The summed E-state index contributed by atoms with van der Waals surface area (Å²) < 4.78 is 40.3. The largest absolute Gasteiger partial charge is 0.482 e. The lowest BCUT2D eigenvalue weighted by Gasteiger charge is -2.29. The van der Waals surface area contributed by atoms with Gasteiger partial charge in [-0.1, -0.05) is 13.8 Å². The highest BCUT2D eigenvalue weighted by molar-refractivity contribution is 7.91. The molecule has 1 aliphatic carbocycles. The van der Waals surface area contributed by atoms with Crippen LogP contribution in [0.4, 0.5) is 0 Å². The van der Waals surface area contributed by atoms with E-state index in [1.54, 1.807) is 11.0 Å². The SMILES string of the molecule is CC(C)CN(C(=O)COC(=O)COc1ccc2oc3c(c2c1)CCCC3)C1CCS(=O)(=O)C1. The summed E-state index contributed by atoms with van der Waals surface area (Å²) in [6, 6.07) is 5.11. The van der Waals surface area contributed by atoms with Crippen molar-refractivity contribution in [3.8, 4) is 5.75 Å². The highest BCUT2D eigenvalue weighted by Gasteiger charge is 2.35. The van der Waals surface area contributed by atoms with Crippen LogP contribution in [0.2, 0.25) is 0 Å². The van der Waals surface area contributed by atoms with Crippen LogP contribution in [0.3, 0.4) is 0 Å². The molecule has 1 atom stereocenters. The van der Waals surface area contributed by atoms with E-state index in [4.69, 9.17) is 13.9 Å². The van der Waals surface area contributed by atoms with Gasteiger partial charge in [0.25, 0.3) is 5.91 Å². The van der Waals surface area contributed by atoms with E-state index >= 15 is 0 Å². The normalized spacial score (nSPS) is 19.4. The first-order chi connectivity index (χ1) is 15.7. The minimum atomic E-state index is -3.13. The Morgan fingerprint density at radius 2 is 1.97 bits per heavy atom. The smallest absolute Gasteiger partial charge is 0.344 e. The Hall–Kier alpha value is -2.55. The fourth-order valence-electron chi connectivity index (χ4n) is 4.61. The third-order valence-corrected chi connectivity index (χ3v) is 7.92. The quantitative estimate of drug-likeness (QED) is 0.539. The summed E-state index contributed by atoms with van der Waals surface area (Å²) in [6.07, 6.45) is 4.60. The van der Waals surface area contributed by atoms with Crippen LogP contribution in [0.5, 0.6) is 5.75 Å². The lowest BCUT2D eigenvalue weighted by Crippen LogP contribution is -2.45. The summed E-state index contributed by atoms with van der Waals surface area (Å²) in [4.78, 5) is 26.5. The molecule has 0 bridgehead atoms. The molecule has 0 N–H and O–H groups in total. The number of sulfone groups is 1. The molecule has 1 amide bonds. The highest BCUT2D eigenvalue weighted by Crippen LogP contribution is 2.34. The van der Waals surface area contributed by atoms with Gasteiger partial charge in [-0.3, -0.25) is 4.79 Å². The number of esters is 1. The first kappa shape index (κ1) is 23.6. The van der Waals surface area contributed by atoms with Crippen molar-refractivity contribution in [2.75, 3.05) is 31.3 Å². The van der Waals surface area contributed by atoms with E-state index < -0.39 is 22.4 Å². The zero-order chi connectivity index (χ0) is 23.6. The van der Waals surface area contributed by atoms with Crippen LogP contribution in [0.1, 0.15) is 44.4 Å². The Kier molecular flexibility index (Phi) is 6.97. The van der Waals surface area contributed by atoms with Crippen LogP contribution < -0.4 is 4.74 Å². The van der Waals surface area contributed by atoms with Crippen LogP contribution in [-0.2, 0) is 37.0 Å². The molecule has 1 saturated heterocycles. The summed E-state index contributed by atoms with van der Waals surface area (Å²) in [7, 11) is -3.13. The molecule has 4 rings (SSSR count). The standard InChI is InChI=1S/C24H31NO7S/c1-16(2)12-25(17-9-10-33(28,29)15-17)23(26)13-31-24(27)14-30-18-7-8-22-20(11-18)19-5-3-4-6-21(19)32-22/h7-8,11,16-17H,3-6,9-10,12-15H2,1-2H3. The molecule has 2 aliphatic rings. The zero-order valence-electron chi connectivity index (χ0n) is 19.2. The number of hydrogen-bond donors (Lipinski definition) is 0. The molecule has 2 heterocycles. The molecule has 1 aliphatic heterocycles. The molecule has 0 spiro atoms. The van der Waals surface area contributed by atoms with Crippen molar-refractivity contribution in [1.82, 2.24) is 4.90 Å². The molecule has 1 aromatic carbocycles. The van der Waals surface area contributed by atoms with Gasteiger partial charge in [0.05, 0.1) is 11.5 Å². The van der Waals surface area contributed by atoms with E-state index in [1.165, 1.54) is 5.56 Å². The number of fused-ring (bicyclic) bond motifs is 3. The van der Waals surface area contributed by atoms with Gasteiger partial charge in [-0.2, -0.15) is 0 Å². The third-order valence-electron chi connectivity index (χ3n) is 6.17. The predicted molar refractivity (Wildman–Crippen MR) is 123 cm³/mol. The first-order valence-corrected chi connectivity index (χ1v) is 13.4. The minimum Gasteiger partial charge on any atom is -0.482 e. The Balaban J connectivity index is 1.31. The topological polar surface area (TPSA) is 103 Å². The Morgan fingerprint density at radius 3 is 2.70 bits per heavy atom. The van der Waals surface area contributed by atoms with E-state index in [0.29, 0.717) is 18.7 Å². The van der Waals surface area contributed by atoms with Crippen molar-refractivity contribution in [3.63, 3.8) is 0 Å². The zero-order valence-corrected chi connectivity index (χ0v) is 20.0. The second-order valence-electron chi connectivity index (χ2n) is 9.32. The van der Waals surface area contributed by atoms with Crippen LogP contribution in [0, 0.1) is 5.92 Å². The number of hydrogen-bond acceptors (Lipinski definition) is 7. The van der Waals surface area contributed by atoms with Gasteiger partial charge in [-0.05, 0) is 49.8 Å². The highest BCUT2D eigenvalue weighted by atomic mass is 32.2. The number of carbonyl (C=O) groups excluding carboxylic acids is 2. The van der Waals surface area contributed by atoms with Gasteiger partial charge in [-0.15, -0.1) is 0 Å². The van der Waals surface area contributed by atoms with E-state index in [-0.39, 0.29) is 36.0 Å². The summed E-state index contributed by atoms with van der Waals surface area (Å²) in [5.41, 5.74) is 2.04. The van der Waals surface area contributed by atoms with E-state index in [0.717, 1.165) is 42.4 Å². The Labute approximate surface area is 194 Å². The van der Waals surface area contributed by atoms with Gasteiger partial charge >= 0.3 is 5.97 Å². The molecule has 9 heteroatoms. The first-order valence-electron chi connectivity index (χ1n) is 11.5. The Morgan fingerprint density at radius 1 is 1.18 bits per heavy atom. The summed E-state index contributed by atoms with van der Waals surface area (Å²) in [5.74, 6) is 0.747. The minimum absolute atomic E-state index is 0.0390. The maximum Gasteiger partial charge on any atom is 0.344 e. The van der Waals surface area contributed by atoms with Gasteiger partial charge < -0.3 is 18.8 Å². The molecule has 180 valence electrons. The van der Waals surface area contributed by atoms with Crippen LogP contribution in [0.15, 0.2) is 22.6 Å². The maximum absolute atomic E-state index is 12.7. The Bertz CT molecular complexity index is 1140. The lowest BCUT2D eigenvalue weighted by molar-refractivity contribution is -0.154. The second kappa shape index (κ2) is 9.75. The number of amides is 1. The molecular formula is C24H31NO7S.